The molecule has 6 heteroatoms. The summed E-state index contributed by atoms with van der Waals surface area (Å²) >= 11 is 2.12. The summed E-state index contributed by atoms with van der Waals surface area (Å²) in [7, 11) is 0. The lowest BCUT2D eigenvalue weighted by atomic mass is 10.3. The van der Waals surface area contributed by atoms with Crippen molar-refractivity contribution in [1.82, 2.24) is 5.32 Å². The van der Waals surface area contributed by atoms with E-state index in [0.29, 0.717) is 5.69 Å². The molecule has 15 heavy (non-hydrogen) atoms. The van der Waals surface area contributed by atoms with Crippen molar-refractivity contribution in [2.24, 2.45) is 0 Å². The summed E-state index contributed by atoms with van der Waals surface area (Å²) in [5.74, 6) is -1.08. The predicted molar refractivity (Wildman–Crippen MR) is 63.8 cm³/mol. The molecule has 0 aliphatic heterocycles. The number of carbonyl (C=O) groups is 2. The number of carbonyl (C=O) groups excluding carboxylic acids is 1. The first-order valence-corrected chi connectivity index (χ1v) is 5.18. The maximum absolute atomic E-state index is 11.1. The van der Waals surface area contributed by atoms with E-state index in [9.17, 15) is 9.59 Å². The van der Waals surface area contributed by atoms with Crippen molar-refractivity contribution in [3.63, 3.8) is 0 Å². The lowest BCUT2D eigenvalue weighted by Crippen LogP contribution is -2.33. The number of rotatable bonds is 3. The molecule has 0 aliphatic carbocycles. The van der Waals surface area contributed by atoms with Gasteiger partial charge in [0.25, 0.3) is 0 Å². The van der Waals surface area contributed by atoms with Gasteiger partial charge in [0.1, 0.15) is 6.54 Å². The third-order valence-electron chi connectivity index (χ3n) is 1.48. The summed E-state index contributed by atoms with van der Waals surface area (Å²) < 4.78 is 0.989. The largest absolute Gasteiger partial charge is 0.480 e. The highest BCUT2D eigenvalue weighted by atomic mass is 127. The standard InChI is InChI=1S/C9H9IN2O3/c10-6-2-1-3-7(4-6)12-9(15)11-5-8(13)14/h1-4H,5H2,(H,13,14)(H2,11,12,15). The van der Waals surface area contributed by atoms with Crippen molar-refractivity contribution >= 4 is 40.3 Å². The fourth-order valence-electron chi connectivity index (χ4n) is 0.897. The van der Waals surface area contributed by atoms with Crippen LogP contribution in [0.1, 0.15) is 0 Å². The zero-order valence-electron chi connectivity index (χ0n) is 7.66. The minimum absolute atomic E-state index is 0.393. The van der Waals surface area contributed by atoms with Crippen LogP contribution in [0.2, 0.25) is 0 Å². The van der Waals surface area contributed by atoms with Gasteiger partial charge < -0.3 is 15.7 Å². The number of nitrogens with one attached hydrogen (secondary N) is 2. The van der Waals surface area contributed by atoms with Gasteiger partial charge in [0.15, 0.2) is 0 Å². The van der Waals surface area contributed by atoms with E-state index in [2.05, 4.69) is 33.2 Å². The van der Waals surface area contributed by atoms with Crippen LogP contribution in [0.3, 0.4) is 0 Å². The molecule has 0 fully saturated rings. The summed E-state index contributed by atoms with van der Waals surface area (Å²) in [6.45, 7) is -0.393. The minimum atomic E-state index is -1.08. The number of aliphatic carboxylic acids is 1. The van der Waals surface area contributed by atoms with E-state index in [1.54, 1.807) is 18.2 Å². The first-order valence-electron chi connectivity index (χ1n) is 4.10. The zero-order valence-corrected chi connectivity index (χ0v) is 9.82. The van der Waals surface area contributed by atoms with Gasteiger partial charge in [-0.05, 0) is 40.8 Å². The average Bonchev–Trinajstić information content (AvgIpc) is 2.15. The molecule has 0 heterocycles. The fraction of sp³-hybridized carbons (Fsp3) is 0.111. The van der Waals surface area contributed by atoms with Crippen LogP contribution in [0, 0.1) is 3.57 Å². The van der Waals surface area contributed by atoms with Crippen molar-refractivity contribution in [2.75, 3.05) is 11.9 Å². The second-order valence-electron chi connectivity index (χ2n) is 2.71. The van der Waals surface area contributed by atoms with Gasteiger partial charge in [0, 0.05) is 9.26 Å². The molecule has 2 amide bonds. The number of amides is 2. The Morgan fingerprint density at radius 3 is 2.73 bits per heavy atom. The first kappa shape index (κ1) is 11.8. The number of halogens is 1. The van der Waals surface area contributed by atoms with Crippen LogP contribution in [-0.4, -0.2) is 23.7 Å². The maximum atomic E-state index is 11.1. The molecular formula is C9H9IN2O3. The summed E-state index contributed by atoms with van der Waals surface area (Å²) in [6, 6.07) is 6.67. The molecule has 0 saturated carbocycles. The molecule has 0 aliphatic rings. The highest BCUT2D eigenvalue weighted by Gasteiger charge is 2.03. The Bertz CT molecular complexity index is 381. The Hall–Kier alpha value is -1.31. The lowest BCUT2D eigenvalue weighted by Gasteiger charge is -2.05. The monoisotopic (exact) mass is 320 g/mol. The van der Waals surface area contributed by atoms with Gasteiger partial charge in [-0.2, -0.15) is 0 Å². The molecule has 5 nitrogen and oxygen atoms in total. The van der Waals surface area contributed by atoms with E-state index in [0.717, 1.165) is 3.57 Å². The molecule has 1 aromatic rings. The van der Waals surface area contributed by atoms with Crippen LogP contribution in [0.5, 0.6) is 0 Å². The quantitative estimate of drug-likeness (QED) is 0.739. The van der Waals surface area contributed by atoms with E-state index in [1.807, 2.05) is 6.07 Å². The molecule has 80 valence electrons. The lowest BCUT2D eigenvalue weighted by molar-refractivity contribution is -0.135. The van der Waals surface area contributed by atoms with Crippen molar-refractivity contribution in [1.29, 1.82) is 0 Å². The third kappa shape index (κ3) is 4.63. The summed E-state index contributed by atoms with van der Waals surface area (Å²) in [5.41, 5.74) is 0.629. The Balaban J connectivity index is 2.48. The van der Waals surface area contributed by atoms with E-state index >= 15 is 0 Å². The van der Waals surface area contributed by atoms with Crippen molar-refractivity contribution in [2.45, 2.75) is 0 Å². The first-order chi connectivity index (χ1) is 7.08. The molecule has 0 aromatic heterocycles. The molecular weight excluding hydrogens is 311 g/mol. The average molecular weight is 320 g/mol. The SMILES string of the molecule is O=C(O)CNC(=O)Nc1cccc(I)c1. The number of benzene rings is 1. The van der Waals surface area contributed by atoms with Crippen LogP contribution in [0.15, 0.2) is 24.3 Å². The van der Waals surface area contributed by atoms with Crippen molar-refractivity contribution < 1.29 is 14.7 Å². The molecule has 0 spiro atoms. The summed E-state index contributed by atoms with van der Waals surface area (Å²) in [6.07, 6.45) is 0. The molecule has 0 unspecified atom stereocenters. The normalized spacial score (nSPS) is 9.40. The topological polar surface area (TPSA) is 78.4 Å². The molecule has 0 atom stereocenters. The van der Waals surface area contributed by atoms with Crippen LogP contribution < -0.4 is 10.6 Å². The van der Waals surface area contributed by atoms with Crippen LogP contribution >= 0.6 is 22.6 Å². The number of hydrogen-bond donors (Lipinski definition) is 3. The van der Waals surface area contributed by atoms with Crippen LogP contribution in [0.25, 0.3) is 0 Å². The number of carboxylic acid groups (broad SMARTS) is 1. The highest BCUT2D eigenvalue weighted by Crippen LogP contribution is 2.11. The molecule has 0 bridgehead atoms. The summed E-state index contributed by atoms with van der Waals surface area (Å²) in [5, 5.41) is 13.0. The van der Waals surface area contributed by atoms with Gasteiger partial charge in [0.2, 0.25) is 0 Å². The van der Waals surface area contributed by atoms with E-state index in [1.165, 1.54) is 0 Å². The van der Waals surface area contributed by atoms with Gasteiger partial charge in [-0.1, -0.05) is 6.07 Å². The fourth-order valence-corrected chi connectivity index (χ4v) is 1.44. The number of hydrogen-bond acceptors (Lipinski definition) is 2. The maximum Gasteiger partial charge on any atom is 0.323 e. The highest BCUT2D eigenvalue weighted by molar-refractivity contribution is 14.1. The van der Waals surface area contributed by atoms with Crippen molar-refractivity contribution in [3.05, 3.63) is 27.8 Å². The van der Waals surface area contributed by atoms with Gasteiger partial charge in [-0.3, -0.25) is 4.79 Å². The Morgan fingerprint density at radius 2 is 2.13 bits per heavy atom. The van der Waals surface area contributed by atoms with Gasteiger partial charge in [-0.25, -0.2) is 4.79 Å². The second-order valence-corrected chi connectivity index (χ2v) is 3.96. The minimum Gasteiger partial charge on any atom is -0.480 e. The smallest absolute Gasteiger partial charge is 0.323 e. The number of urea groups is 1. The molecule has 1 aromatic carbocycles. The molecule has 0 radical (unpaired) electrons. The number of carboxylic acids is 1. The van der Waals surface area contributed by atoms with Crippen molar-refractivity contribution in [3.8, 4) is 0 Å². The van der Waals surface area contributed by atoms with Gasteiger partial charge >= 0.3 is 12.0 Å². The van der Waals surface area contributed by atoms with E-state index in [4.69, 9.17) is 5.11 Å². The zero-order chi connectivity index (χ0) is 11.3. The molecule has 0 saturated heterocycles. The predicted octanol–water partition coefficient (Wildman–Crippen LogP) is 1.50. The molecule has 1 rings (SSSR count). The van der Waals surface area contributed by atoms with Gasteiger partial charge in [0.05, 0.1) is 0 Å². The third-order valence-corrected chi connectivity index (χ3v) is 2.15. The van der Waals surface area contributed by atoms with Gasteiger partial charge in [-0.15, -0.1) is 0 Å². The second kappa shape index (κ2) is 5.54. The number of anilines is 1. The van der Waals surface area contributed by atoms with Crippen LogP contribution in [-0.2, 0) is 4.79 Å². The summed E-state index contributed by atoms with van der Waals surface area (Å²) in [4.78, 5) is 21.3. The van der Waals surface area contributed by atoms with Crippen LogP contribution in [0.4, 0.5) is 10.5 Å². The Morgan fingerprint density at radius 1 is 1.40 bits per heavy atom. The van der Waals surface area contributed by atoms with E-state index in [-0.39, 0.29) is 0 Å². The Labute approximate surface area is 100 Å². The van der Waals surface area contributed by atoms with E-state index < -0.39 is 18.5 Å². The Kier molecular flexibility index (Phi) is 4.35. The molecule has 3 N–H and O–H groups in total.